The van der Waals surface area contributed by atoms with E-state index in [0.29, 0.717) is 6.42 Å². The Hall–Kier alpha value is -0.570. The highest BCUT2D eigenvalue weighted by Crippen LogP contribution is 2.12. The summed E-state index contributed by atoms with van der Waals surface area (Å²) in [6, 6.07) is 0. The van der Waals surface area contributed by atoms with Gasteiger partial charge in [0.05, 0.1) is 0 Å². The van der Waals surface area contributed by atoms with E-state index in [0.717, 1.165) is 19.4 Å². The van der Waals surface area contributed by atoms with Crippen molar-refractivity contribution in [1.82, 2.24) is 5.01 Å². The molecule has 0 unspecified atom stereocenters. The Morgan fingerprint density at radius 3 is 1.87 bits per heavy atom. The van der Waals surface area contributed by atoms with Crippen molar-refractivity contribution in [3.63, 3.8) is 0 Å². The van der Waals surface area contributed by atoms with Gasteiger partial charge in [-0.3, -0.25) is 9.80 Å². The average Bonchev–Trinajstić information content (AvgIpc) is 2.25. The van der Waals surface area contributed by atoms with Crippen LogP contribution in [0.2, 0.25) is 0 Å². The third-order valence-corrected chi connectivity index (χ3v) is 3.11. The molecule has 0 aromatic carbocycles. The van der Waals surface area contributed by atoms with E-state index >= 15 is 0 Å². The minimum absolute atomic E-state index is 0.120. The predicted molar refractivity (Wildman–Crippen MR) is 62.1 cm³/mol. The van der Waals surface area contributed by atoms with Crippen LogP contribution in [0.25, 0.3) is 0 Å². The number of nitrogens with zero attached hydrogens (tertiary/aromatic N) is 1. The maximum Gasteiger partial charge on any atom is 0.236 e. The summed E-state index contributed by atoms with van der Waals surface area (Å²) in [5, 5.41) is 1.41. The van der Waals surface area contributed by atoms with Crippen molar-refractivity contribution >= 4 is 5.91 Å². The van der Waals surface area contributed by atoms with Crippen LogP contribution in [0.15, 0.2) is 0 Å². The molecule has 0 atom stereocenters. The van der Waals surface area contributed by atoms with Gasteiger partial charge >= 0.3 is 0 Å². The lowest BCUT2D eigenvalue weighted by atomic mass is 10.1. The molecule has 1 aliphatic rings. The van der Waals surface area contributed by atoms with E-state index in [1.165, 1.54) is 50.0 Å². The molecule has 1 heterocycles. The van der Waals surface area contributed by atoms with E-state index in [1.54, 1.807) is 0 Å². The molecule has 1 amide bonds. The molecular weight excluding hydrogens is 188 g/mol. The second-order valence-electron chi connectivity index (χ2n) is 4.52. The zero-order valence-electron chi connectivity index (χ0n) is 9.71. The summed E-state index contributed by atoms with van der Waals surface area (Å²) in [5.41, 5.74) is 0. The second kappa shape index (κ2) is 7.69. The predicted octanol–water partition coefficient (Wildman–Crippen LogP) is 2.60. The van der Waals surface area contributed by atoms with Gasteiger partial charge in [0.2, 0.25) is 5.91 Å². The van der Waals surface area contributed by atoms with E-state index in [4.69, 9.17) is 5.84 Å². The highest BCUT2D eigenvalue weighted by molar-refractivity contribution is 5.75. The first-order chi connectivity index (χ1) is 7.30. The highest BCUT2D eigenvalue weighted by Gasteiger charge is 2.08. The van der Waals surface area contributed by atoms with E-state index < -0.39 is 0 Å². The van der Waals surface area contributed by atoms with E-state index in [2.05, 4.69) is 0 Å². The highest BCUT2D eigenvalue weighted by atomic mass is 16.2. The fourth-order valence-electron chi connectivity index (χ4n) is 2.06. The summed E-state index contributed by atoms with van der Waals surface area (Å²) < 4.78 is 0. The van der Waals surface area contributed by atoms with Crippen molar-refractivity contribution in [3.8, 4) is 0 Å². The molecule has 88 valence electrons. The fraction of sp³-hybridized carbons (Fsp3) is 0.917. The summed E-state index contributed by atoms with van der Waals surface area (Å²) in [6.07, 6.45) is 11.7. The Morgan fingerprint density at radius 2 is 1.27 bits per heavy atom. The minimum atomic E-state index is 0.120. The lowest BCUT2D eigenvalue weighted by Crippen LogP contribution is -2.37. The van der Waals surface area contributed by atoms with E-state index in [9.17, 15) is 4.79 Å². The van der Waals surface area contributed by atoms with Crippen molar-refractivity contribution < 1.29 is 4.79 Å². The number of hydrogen-bond donors (Lipinski definition) is 1. The summed E-state index contributed by atoms with van der Waals surface area (Å²) >= 11 is 0. The van der Waals surface area contributed by atoms with Gasteiger partial charge in [-0.2, -0.15) is 0 Å². The van der Waals surface area contributed by atoms with Crippen LogP contribution in [0.4, 0.5) is 0 Å². The quantitative estimate of drug-likeness (QED) is 0.495. The molecule has 1 saturated heterocycles. The van der Waals surface area contributed by atoms with E-state index in [1.807, 2.05) is 0 Å². The van der Waals surface area contributed by atoms with E-state index in [-0.39, 0.29) is 5.91 Å². The maximum atomic E-state index is 11.5. The van der Waals surface area contributed by atoms with Gasteiger partial charge in [0.25, 0.3) is 0 Å². The Labute approximate surface area is 93.0 Å². The van der Waals surface area contributed by atoms with Gasteiger partial charge in [0, 0.05) is 13.0 Å². The Kier molecular flexibility index (Phi) is 6.41. The van der Waals surface area contributed by atoms with Crippen LogP contribution < -0.4 is 5.84 Å². The number of hydrazine groups is 1. The summed E-state index contributed by atoms with van der Waals surface area (Å²) in [7, 11) is 0. The SMILES string of the molecule is NN1CCCCCCCCCCCC1=O. The molecule has 0 saturated carbocycles. The van der Waals surface area contributed by atoms with Gasteiger partial charge < -0.3 is 0 Å². The third-order valence-electron chi connectivity index (χ3n) is 3.11. The molecule has 1 aliphatic heterocycles. The molecule has 0 aromatic heterocycles. The maximum absolute atomic E-state index is 11.5. The smallest absolute Gasteiger partial charge is 0.236 e. The zero-order chi connectivity index (χ0) is 10.9. The van der Waals surface area contributed by atoms with Crippen molar-refractivity contribution in [1.29, 1.82) is 0 Å². The van der Waals surface area contributed by atoms with Crippen molar-refractivity contribution in [2.24, 2.45) is 5.84 Å². The first-order valence-corrected chi connectivity index (χ1v) is 6.36. The largest absolute Gasteiger partial charge is 0.281 e. The van der Waals surface area contributed by atoms with Crippen molar-refractivity contribution in [3.05, 3.63) is 0 Å². The van der Waals surface area contributed by atoms with Gasteiger partial charge in [-0.1, -0.05) is 44.9 Å². The molecule has 2 N–H and O–H groups in total. The number of amides is 1. The van der Waals surface area contributed by atoms with Crippen LogP contribution in [0.5, 0.6) is 0 Å². The van der Waals surface area contributed by atoms with Gasteiger partial charge in [-0.25, -0.2) is 5.84 Å². The first-order valence-electron chi connectivity index (χ1n) is 6.36. The Bertz CT molecular complexity index is 182. The molecule has 1 rings (SSSR count). The van der Waals surface area contributed by atoms with Crippen molar-refractivity contribution in [2.75, 3.05) is 6.54 Å². The number of rotatable bonds is 0. The minimum Gasteiger partial charge on any atom is -0.281 e. The topological polar surface area (TPSA) is 46.3 Å². The van der Waals surface area contributed by atoms with Gasteiger partial charge in [0.15, 0.2) is 0 Å². The van der Waals surface area contributed by atoms with Crippen LogP contribution in [-0.2, 0) is 4.79 Å². The summed E-state index contributed by atoms with van der Waals surface area (Å²) in [4.78, 5) is 11.5. The molecule has 3 heteroatoms. The number of nitrogens with two attached hydrogens (primary N) is 1. The van der Waals surface area contributed by atoms with Crippen LogP contribution in [0.3, 0.4) is 0 Å². The lowest BCUT2D eigenvalue weighted by molar-refractivity contribution is -0.131. The lowest BCUT2D eigenvalue weighted by Gasteiger charge is -2.16. The number of hydrogen-bond acceptors (Lipinski definition) is 2. The van der Waals surface area contributed by atoms with Gasteiger partial charge in [-0.05, 0) is 12.8 Å². The monoisotopic (exact) mass is 212 g/mol. The van der Waals surface area contributed by atoms with Crippen LogP contribution in [0, 0.1) is 0 Å². The van der Waals surface area contributed by atoms with Gasteiger partial charge in [0.1, 0.15) is 0 Å². The average molecular weight is 212 g/mol. The van der Waals surface area contributed by atoms with Crippen LogP contribution in [-0.4, -0.2) is 17.5 Å². The molecule has 0 spiro atoms. The van der Waals surface area contributed by atoms with Gasteiger partial charge in [-0.15, -0.1) is 0 Å². The van der Waals surface area contributed by atoms with Crippen molar-refractivity contribution in [2.45, 2.75) is 64.2 Å². The summed E-state index contributed by atoms with van der Waals surface area (Å²) in [5.74, 6) is 5.80. The Morgan fingerprint density at radius 1 is 0.800 bits per heavy atom. The molecular formula is C12H24N2O. The van der Waals surface area contributed by atoms with Crippen LogP contribution in [0.1, 0.15) is 64.2 Å². The molecule has 0 radical (unpaired) electrons. The zero-order valence-corrected chi connectivity index (χ0v) is 9.71. The number of carbonyl (C=O) groups is 1. The normalized spacial score (nSPS) is 22.7. The fourth-order valence-corrected chi connectivity index (χ4v) is 2.06. The van der Waals surface area contributed by atoms with Crippen LogP contribution >= 0.6 is 0 Å². The summed E-state index contributed by atoms with van der Waals surface area (Å²) in [6.45, 7) is 0.735. The molecule has 15 heavy (non-hydrogen) atoms. The number of carbonyl (C=O) groups excluding carboxylic acids is 1. The standard InChI is InChI=1S/C12H24N2O/c13-14-11-9-7-5-3-1-2-4-6-8-10-12(14)15/h1-11,13H2. The molecule has 0 aliphatic carbocycles. The molecule has 1 fully saturated rings. The third kappa shape index (κ3) is 5.78. The molecule has 3 nitrogen and oxygen atoms in total. The molecule has 0 aromatic rings. The first kappa shape index (κ1) is 12.5. The molecule has 0 bridgehead atoms. The second-order valence-corrected chi connectivity index (χ2v) is 4.52. The Balaban J connectivity index is 2.27.